The van der Waals surface area contributed by atoms with Crippen LogP contribution in [-0.4, -0.2) is 32.3 Å². The molecule has 0 aliphatic rings. The number of carbonyl (C=O) groups excluding carboxylic acids is 2. The molecular weight excluding hydrogens is 348 g/mol. The Balaban J connectivity index is 2.03. The molecule has 0 aromatic heterocycles. The van der Waals surface area contributed by atoms with E-state index in [9.17, 15) is 9.59 Å². The molecule has 0 aliphatic heterocycles. The van der Waals surface area contributed by atoms with E-state index in [4.69, 9.17) is 14.2 Å². The minimum atomic E-state index is -0.535. The standard InChI is InChI=1S/C21H22O6/c1-4-25-18-12-6-15(14-19(18)26-5-2)7-13-20(22)27-17-10-8-16(9-11-17)21(23)24-3/h6-14H,4-5H2,1-3H3/b13-7+. The molecular formula is C21H22O6. The van der Waals surface area contributed by atoms with Crippen molar-refractivity contribution >= 4 is 18.0 Å². The lowest BCUT2D eigenvalue weighted by Crippen LogP contribution is -2.05. The third-order valence-electron chi connectivity index (χ3n) is 3.47. The van der Waals surface area contributed by atoms with Crippen molar-refractivity contribution in [3.8, 4) is 17.2 Å². The number of ether oxygens (including phenoxy) is 4. The van der Waals surface area contributed by atoms with Gasteiger partial charge >= 0.3 is 11.9 Å². The Hall–Kier alpha value is -3.28. The van der Waals surface area contributed by atoms with Gasteiger partial charge in [0.25, 0.3) is 0 Å². The number of hydrogen-bond donors (Lipinski definition) is 0. The zero-order valence-electron chi connectivity index (χ0n) is 15.6. The van der Waals surface area contributed by atoms with E-state index in [-0.39, 0.29) is 0 Å². The lowest BCUT2D eigenvalue weighted by molar-refractivity contribution is -0.128. The maximum absolute atomic E-state index is 12.0. The third kappa shape index (κ3) is 5.88. The van der Waals surface area contributed by atoms with Crippen molar-refractivity contribution in [1.82, 2.24) is 0 Å². The largest absolute Gasteiger partial charge is 0.490 e. The topological polar surface area (TPSA) is 71.1 Å². The molecule has 27 heavy (non-hydrogen) atoms. The minimum Gasteiger partial charge on any atom is -0.490 e. The molecule has 0 fully saturated rings. The van der Waals surface area contributed by atoms with Crippen LogP contribution in [0.1, 0.15) is 29.8 Å². The van der Waals surface area contributed by atoms with Gasteiger partial charge in [0.2, 0.25) is 0 Å². The smallest absolute Gasteiger partial charge is 0.337 e. The van der Waals surface area contributed by atoms with E-state index in [2.05, 4.69) is 4.74 Å². The summed E-state index contributed by atoms with van der Waals surface area (Å²) in [5, 5.41) is 0. The molecule has 0 saturated heterocycles. The van der Waals surface area contributed by atoms with Crippen LogP contribution in [0.5, 0.6) is 17.2 Å². The fourth-order valence-corrected chi connectivity index (χ4v) is 2.26. The van der Waals surface area contributed by atoms with Gasteiger partial charge in [0.1, 0.15) is 5.75 Å². The van der Waals surface area contributed by atoms with Crippen molar-refractivity contribution in [2.24, 2.45) is 0 Å². The van der Waals surface area contributed by atoms with Crippen LogP contribution in [-0.2, 0) is 9.53 Å². The van der Waals surface area contributed by atoms with Crippen molar-refractivity contribution in [3.05, 3.63) is 59.7 Å². The van der Waals surface area contributed by atoms with Crippen molar-refractivity contribution < 1.29 is 28.5 Å². The predicted octanol–water partition coefficient (Wildman–Crippen LogP) is 3.89. The van der Waals surface area contributed by atoms with Gasteiger partial charge < -0.3 is 18.9 Å². The quantitative estimate of drug-likeness (QED) is 0.399. The number of hydrogen-bond acceptors (Lipinski definition) is 6. The Kier molecular flexibility index (Phi) is 7.43. The van der Waals surface area contributed by atoms with E-state index >= 15 is 0 Å². The van der Waals surface area contributed by atoms with Crippen molar-refractivity contribution in [2.45, 2.75) is 13.8 Å². The van der Waals surface area contributed by atoms with Crippen LogP contribution in [0, 0.1) is 0 Å². The van der Waals surface area contributed by atoms with Gasteiger partial charge in [-0.1, -0.05) is 6.07 Å². The summed E-state index contributed by atoms with van der Waals surface area (Å²) in [6.07, 6.45) is 2.95. The summed E-state index contributed by atoms with van der Waals surface area (Å²) in [6, 6.07) is 11.5. The highest BCUT2D eigenvalue weighted by atomic mass is 16.5. The fourth-order valence-electron chi connectivity index (χ4n) is 2.26. The molecule has 0 N–H and O–H groups in total. The molecule has 2 rings (SSSR count). The van der Waals surface area contributed by atoms with Crippen molar-refractivity contribution in [2.75, 3.05) is 20.3 Å². The predicted molar refractivity (Wildman–Crippen MR) is 101 cm³/mol. The van der Waals surface area contributed by atoms with Crippen LogP contribution in [0.15, 0.2) is 48.5 Å². The van der Waals surface area contributed by atoms with E-state index < -0.39 is 11.9 Å². The van der Waals surface area contributed by atoms with Gasteiger partial charge in [-0.05, 0) is 61.9 Å². The van der Waals surface area contributed by atoms with Gasteiger partial charge in [-0.3, -0.25) is 0 Å². The van der Waals surface area contributed by atoms with Crippen molar-refractivity contribution in [3.63, 3.8) is 0 Å². The highest BCUT2D eigenvalue weighted by Gasteiger charge is 2.07. The minimum absolute atomic E-state index is 0.332. The Morgan fingerprint density at radius 3 is 2.22 bits per heavy atom. The average molecular weight is 370 g/mol. The Morgan fingerprint density at radius 1 is 0.926 bits per heavy atom. The molecule has 0 atom stereocenters. The molecule has 0 radical (unpaired) electrons. The lowest BCUT2D eigenvalue weighted by atomic mass is 10.2. The maximum atomic E-state index is 12.0. The first kappa shape index (κ1) is 20.0. The zero-order valence-corrected chi connectivity index (χ0v) is 15.6. The van der Waals surface area contributed by atoms with Crippen LogP contribution in [0.3, 0.4) is 0 Å². The molecule has 0 saturated carbocycles. The number of carbonyl (C=O) groups is 2. The van der Waals surface area contributed by atoms with Gasteiger partial charge in [0.05, 0.1) is 25.9 Å². The summed E-state index contributed by atoms with van der Waals surface area (Å²) in [6.45, 7) is 4.84. The maximum Gasteiger partial charge on any atom is 0.337 e. The van der Waals surface area contributed by atoms with Gasteiger partial charge in [-0.15, -0.1) is 0 Å². The summed E-state index contributed by atoms with van der Waals surface area (Å²) in [5.74, 6) is 0.623. The van der Waals surface area contributed by atoms with Gasteiger partial charge in [0.15, 0.2) is 11.5 Å². The van der Waals surface area contributed by atoms with E-state index in [1.54, 1.807) is 18.2 Å². The molecule has 142 valence electrons. The first-order chi connectivity index (χ1) is 13.1. The first-order valence-corrected chi connectivity index (χ1v) is 8.55. The summed E-state index contributed by atoms with van der Waals surface area (Å²) >= 11 is 0. The van der Waals surface area contributed by atoms with Crippen LogP contribution in [0.4, 0.5) is 0 Å². The highest BCUT2D eigenvalue weighted by molar-refractivity contribution is 5.90. The second kappa shape index (κ2) is 10.0. The normalized spacial score (nSPS) is 10.5. The lowest BCUT2D eigenvalue weighted by Gasteiger charge is -2.11. The monoisotopic (exact) mass is 370 g/mol. The van der Waals surface area contributed by atoms with Gasteiger partial charge in [0, 0.05) is 6.08 Å². The van der Waals surface area contributed by atoms with Gasteiger partial charge in [-0.2, -0.15) is 0 Å². The molecule has 6 nitrogen and oxygen atoms in total. The fraction of sp³-hybridized carbons (Fsp3) is 0.238. The Bertz CT molecular complexity index is 808. The number of esters is 2. The molecule has 0 heterocycles. The van der Waals surface area contributed by atoms with E-state index in [1.165, 1.54) is 37.5 Å². The highest BCUT2D eigenvalue weighted by Crippen LogP contribution is 2.29. The van der Waals surface area contributed by atoms with Crippen LogP contribution < -0.4 is 14.2 Å². The number of benzene rings is 2. The Labute approximate surface area is 158 Å². The Morgan fingerprint density at radius 2 is 1.59 bits per heavy atom. The summed E-state index contributed by atoms with van der Waals surface area (Å²) in [5.41, 5.74) is 1.16. The molecule has 0 aliphatic carbocycles. The first-order valence-electron chi connectivity index (χ1n) is 8.55. The summed E-state index contributed by atoms with van der Waals surface area (Å²) < 4.78 is 20.9. The molecule has 6 heteroatoms. The molecule has 0 unspecified atom stereocenters. The molecule has 2 aromatic carbocycles. The summed E-state index contributed by atoms with van der Waals surface area (Å²) in [4.78, 5) is 23.4. The molecule has 0 amide bonds. The number of methoxy groups -OCH3 is 1. The van der Waals surface area contributed by atoms with Gasteiger partial charge in [-0.25, -0.2) is 9.59 Å². The van der Waals surface area contributed by atoms with Crippen LogP contribution in [0.25, 0.3) is 6.08 Å². The molecule has 0 bridgehead atoms. The second-order valence-electron chi connectivity index (χ2n) is 5.34. The third-order valence-corrected chi connectivity index (χ3v) is 3.47. The molecule has 2 aromatic rings. The van der Waals surface area contributed by atoms with Crippen LogP contribution >= 0.6 is 0 Å². The second-order valence-corrected chi connectivity index (χ2v) is 5.34. The average Bonchev–Trinajstić information content (AvgIpc) is 2.68. The molecule has 0 spiro atoms. The van der Waals surface area contributed by atoms with Crippen LogP contribution in [0.2, 0.25) is 0 Å². The summed E-state index contributed by atoms with van der Waals surface area (Å²) in [7, 11) is 1.30. The van der Waals surface area contributed by atoms with E-state index in [0.717, 1.165) is 5.56 Å². The number of rotatable bonds is 8. The zero-order chi connectivity index (χ0) is 19.6. The SMILES string of the molecule is CCOc1ccc(/C=C/C(=O)Oc2ccc(C(=O)OC)cc2)cc1OCC. The van der Waals surface area contributed by atoms with E-state index in [1.807, 2.05) is 19.9 Å². The van der Waals surface area contributed by atoms with Crippen molar-refractivity contribution in [1.29, 1.82) is 0 Å². The van der Waals surface area contributed by atoms with E-state index in [0.29, 0.717) is 36.0 Å².